The average molecular weight is 389 g/mol. The van der Waals surface area contributed by atoms with Crippen molar-refractivity contribution in [3.05, 3.63) is 24.0 Å². The van der Waals surface area contributed by atoms with Crippen LogP contribution in [0.25, 0.3) is 11.5 Å². The van der Waals surface area contributed by atoms with Gasteiger partial charge in [-0.3, -0.25) is 9.69 Å². The Morgan fingerprint density at radius 1 is 1.43 bits per heavy atom. The highest BCUT2D eigenvalue weighted by Gasteiger charge is 2.25. The monoisotopic (exact) mass is 389 g/mol. The van der Waals surface area contributed by atoms with Crippen LogP contribution in [0, 0.1) is 0 Å². The van der Waals surface area contributed by atoms with Crippen molar-refractivity contribution in [3.8, 4) is 23.0 Å². The van der Waals surface area contributed by atoms with Crippen LogP contribution >= 0.6 is 0 Å². The molecule has 1 saturated heterocycles. The molecule has 1 fully saturated rings. The molecular formula is C19H27N5O4. The molecule has 2 aromatic rings. The Morgan fingerprint density at radius 2 is 2.25 bits per heavy atom. The molecule has 0 radical (unpaired) electrons. The van der Waals surface area contributed by atoms with Gasteiger partial charge in [0.05, 0.1) is 13.2 Å². The molecule has 2 heterocycles. The first-order valence-electron chi connectivity index (χ1n) is 9.33. The lowest BCUT2D eigenvalue weighted by Crippen LogP contribution is -2.44. The van der Waals surface area contributed by atoms with E-state index in [9.17, 15) is 4.79 Å². The van der Waals surface area contributed by atoms with Gasteiger partial charge in [-0.15, -0.1) is 0 Å². The second-order valence-corrected chi connectivity index (χ2v) is 7.03. The highest BCUT2D eigenvalue weighted by Crippen LogP contribution is 2.32. The van der Waals surface area contributed by atoms with E-state index in [0.29, 0.717) is 23.2 Å². The number of ether oxygens (including phenoxy) is 2. The van der Waals surface area contributed by atoms with Crippen LogP contribution in [0.3, 0.4) is 0 Å². The summed E-state index contributed by atoms with van der Waals surface area (Å²) in [5.41, 5.74) is 0.723. The lowest BCUT2D eigenvalue weighted by atomic mass is 10.2. The standard InChI is InChI=1S/C19H27N5O4/c1-12(2)21-17(25)11-27-15-6-5-13(9-16(15)26-4)19-22-18(23-28-19)14-10-20-7-8-24(14)3/h5-6,9,12,14,20H,7-8,10-11H2,1-4H3,(H,21,25). The smallest absolute Gasteiger partial charge is 0.258 e. The van der Waals surface area contributed by atoms with Crippen LogP contribution in [0.15, 0.2) is 22.7 Å². The first-order chi connectivity index (χ1) is 13.5. The molecule has 1 aliphatic rings. The van der Waals surface area contributed by atoms with Gasteiger partial charge in [-0.25, -0.2) is 0 Å². The van der Waals surface area contributed by atoms with Crippen molar-refractivity contribution < 1.29 is 18.8 Å². The molecule has 1 unspecified atom stereocenters. The minimum absolute atomic E-state index is 0.0607. The largest absolute Gasteiger partial charge is 0.493 e. The SMILES string of the molecule is COc1cc(-c2nc(C3CNCCN3C)no2)ccc1OCC(=O)NC(C)C. The van der Waals surface area contributed by atoms with Crippen LogP contribution in [0.5, 0.6) is 11.5 Å². The number of carbonyl (C=O) groups is 1. The molecule has 9 heteroatoms. The molecule has 3 rings (SSSR count). The predicted molar refractivity (Wildman–Crippen MR) is 103 cm³/mol. The summed E-state index contributed by atoms with van der Waals surface area (Å²) in [6, 6.07) is 5.43. The third-order valence-corrected chi connectivity index (χ3v) is 4.47. The normalized spacial score (nSPS) is 17.5. The lowest BCUT2D eigenvalue weighted by Gasteiger charge is -2.30. The fourth-order valence-electron chi connectivity index (χ4n) is 3.01. The fourth-order valence-corrected chi connectivity index (χ4v) is 3.01. The van der Waals surface area contributed by atoms with Gasteiger partial charge in [0.2, 0.25) is 0 Å². The fraction of sp³-hybridized carbons (Fsp3) is 0.526. The minimum atomic E-state index is -0.187. The molecule has 1 amide bonds. The van der Waals surface area contributed by atoms with E-state index in [2.05, 4.69) is 25.7 Å². The molecule has 1 aromatic carbocycles. The van der Waals surface area contributed by atoms with E-state index in [1.165, 1.54) is 0 Å². The lowest BCUT2D eigenvalue weighted by molar-refractivity contribution is -0.123. The highest BCUT2D eigenvalue weighted by molar-refractivity contribution is 5.77. The Bertz CT molecular complexity index is 807. The number of piperazine rings is 1. The van der Waals surface area contributed by atoms with Crippen LogP contribution in [-0.2, 0) is 4.79 Å². The third-order valence-electron chi connectivity index (χ3n) is 4.47. The van der Waals surface area contributed by atoms with Crippen molar-refractivity contribution in [1.82, 2.24) is 25.7 Å². The summed E-state index contributed by atoms with van der Waals surface area (Å²) in [7, 11) is 3.59. The molecule has 0 saturated carbocycles. The zero-order valence-corrected chi connectivity index (χ0v) is 16.7. The van der Waals surface area contributed by atoms with Gasteiger partial charge in [-0.05, 0) is 39.1 Å². The van der Waals surface area contributed by atoms with Crippen LogP contribution < -0.4 is 20.1 Å². The Hall–Kier alpha value is -2.65. The maximum Gasteiger partial charge on any atom is 0.258 e. The number of methoxy groups -OCH3 is 1. The summed E-state index contributed by atoms with van der Waals surface area (Å²) in [4.78, 5) is 18.5. The first kappa shape index (κ1) is 20.1. The number of hydrogen-bond donors (Lipinski definition) is 2. The number of rotatable bonds is 7. The molecule has 0 spiro atoms. The maximum absolute atomic E-state index is 11.8. The van der Waals surface area contributed by atoms with Crippen LogP contribution in [-0.4, -0.2) is 67.4 Å². The Balaban J connectivity index is 1.72. The molecule has 152 valence electrons. The van der Waals surface area contributed by atoms with Crippen LogP contribution in [0.2, 0.25) is 0 Å². The Labute approximate surface area is 164 Å². The molecule has 9 nitrogen and oxygen atoms in total. The summed E-state index contributed by atoms with van der Waals surface area (Å²) in [5.74, 6) is 1.84. The van der Waals surface area contributed by atoms with E-state index in [1.807, 2.05) is 20.9 Å². The Morgan fingerprint density at radius 3 is 2.96 bits per heavy atom. The van der Waals surface area contributed by atoms with Gasteiger partial charge in [-0.2, -0.15) is 4.98 Å². The average Bonchev–Trinajstić information content (AvgIpc) is 3.16. The number of nitrogens with zero attached hydrogens (tertiary/aromatic N) is 3. The van der Waals surface area contributed by atoms with Crippen molar-refractivity contribution in [2.75, 3.05) is 40.4 Å². The van der Waals surface area contributed by atoms with E-state index in [1.54, 1.807) is 25.3 Å². The van der Waals surface area contributed by atoms with E-state index < -0.39 is 0 Å². The molecule has 28 heavy (non-hydrogen) atoms. The van der Waals surface area contributed by atoms with Gasteiger partial charge in [0, 0.05) is 31.2 Å². The van der Waals surface area contributed by atoms with Gasteiger partial charge < -0.3 is 24.6 Å². The number of aromatic nitrogens is 2. The minimum Gasteiger partial charge on any atom is -0.493 e. The quantitative estimate of drug-likeness (QED) is 0.729. The molecule has 0 bridgehead atoms. The van der Waals surface area contributed by atoms with Gasteiger partial charge in [0.1, 0.15) is 0 Å². The van der Waals surface area contributed by atoms with Gasteiger partial charge in [-0.1, -0.05) is 5.16 Å². The van der Waals surface area contributed by atoms with Gasteiger partial charge in [0.25, 0.3) is 11.8 Å². The van der Waals surface area contributed by atoms with Gasteiger partial charge >= 0.3 is 0 Å². The zero-order valence-electron chi connectivity index (χ0n) is 16.7. The predicted octanol–water partition coefficient (Wildman–Crippen LogP) is 1.22. The van der Waals surface area contributed by atoms with Crippen molar-refractivity contribution in [2.45, 2.75) is 25.9 Å². The summed E-state index contributed by atoms with van der Waals surface area (Å²) >= 11 is 0. The number of carbonyl (C=O) groups excluding carboxylic acids is 1. The van der Waals surface area contributed by atoms with Crippen LogP contribution in [0.4, 0.5) is 0 Å². The molecular weight excluding hydrogens is 362 g/mol. The van der Waals surface area contributed by atoms with E-state index in [-0.39, 0.29) is 24.6 Å². The van der Waals surface area contributed by atoms with Crippen LogP contribution in [0.1, 0.15) is 25.7 Å². The van der Waals surface area contributed by atoms with E-state index in [4.69, 9.17) is 14.0 Å². The molecule has 1 atom stereocenters. The van der Waals surface area contributed by atoms with Crippen molar-refractivity contribution in [2.24, 2.45) is 0 Å². The number of hydrogen-bond acceptors (Lipinski definition) is 8. The summed E-state index contributed by atoms with van der Waals surface area (Å²) in [6.07, 6.45) is 0. The molecule has 2 N–H and O–H groups in total. The van der Waals surface area contributed by atoms with Crippen molar-refractivity contribution in [1.29, 1.82) is 0 Å². The molecule has 1 aliphatic heterocycles. The second kappa shape index (κ2) is 9.03. The third kappa shape index (κ3) is 4.79. The summed E-state index contributed by atoms with van der Waals surface area (Å²) < 4.78 is 16.4. The topological polar surface area (TPSA) is 102 Å². The second-order valence-electron chi connectivity index (χ2n) is 7.03. The van der Waals surface area contributed by atoms with E-state index >= 15 is 0 Å². The molecule has 0 aliphatic carbocycles. The summed E-state index contributed by atoms with van der Waals surface area (Å²) in [5, 5.41) is 10.3. The number of benzene rings is 1. The number of nitrogens with one attached hydrogen (secondary N) is 2. The highest BCUT2D eigenvalue weighted by atomic mass is 16.5. The van der Waals surface area contributed by atoms with Crippen molar-refractivity contribution >= 4 is 5.91 Å². The van der Waals surface area contributed by atoms with Crippen molar-refractivity contribution in [3.63, 3.8) is 0 Å². The first-order valence-corrected chi connectivity index (χ1v) is 9.33. The Kier molecular flexibility index (Phi) is 6.48. The molecule has 1 aromatic heterocycles. The van der Waals surface area contributed by atoms with E-state index in [0.717, 1.165) is 25.2 Å². The zero-order chi connectivity index (χ0) is 20.1. The maximum atomic E-state index is 11.8. The number of amides is 1. The van der Waals surface area contributed by atoms with Gasteiger partial charge in [0.15, 0.2) is 23.9 Å². The summed E-state index contributed by atoms with van der Waals surface area (Å²) in [6.45, 7) is 6.37. The number of likely N-dealkylation sites (N-methyl/N-ethyl adjacent to an activating group) is 1.